The number of hydrogen-bond acceptors (Lipinski definition) is 4. The Kier molecular flexibility index (Phi) is 10.1. The number of amides is 2. The van der Waals surface area contributed by atoms with Crippen LogP contribution in [0, 0.1) is 0 Å². The number of para-hydroxylation sites is 1. The summed E-state index contributed by atoms with van der Waals surface area (Å²) in [6.07, 6.45) is 3.75. The van der Waals surface area contributed by atoms with Gasteiger partial charge >= 0.3 is 0 Å². The van der Waals surface area contributed by atoms with Crippen molar-refractivity contribution in [1.29, 1.82) is 0 Å². The van der Waals surface area contributed by atoms with E-state index in [1.165, 1.54) is 0 Å². The molecule has 0 bridgehead atoms. The van der Waals surface area contributed by atoms with E-state index in [1.54, 1.807) is 6.92 Å². The summed E-state index contributed by atoms with van der Waals surface area (Å²) in [4.78, 5) is 34.4. The number of anilines is 1. The second-order valence-corrected chi connectivity index (χ2v) is 14.5. The van der Waals surface area contributed by atoms with Crippen molar-refractivity contribution in [1.82, 2.24) is 20.1 Å². The lowest BCUT2D eigenvalue weighted by Gasteiger charge is -2.39. The number of likely N-dealkylation sites (tertiary alicyclic amines) is 1. The smallest absolute Gasteiger partial charge is 0.272 e. The van der Waals surface area contributed by atoms with Crippen molar-refractivity contribution in [2.24, 2.45) is 0 Å². The Morgan fingerprint density at radius 3 is 2.40 bits per heavy atom. The molecule has 0 radical (unpaired) electrons. The van der Waals surface area contributed by atoms with E-state index in [4.69, 9.17) is 23.2 Å². The van der Waals surface area contributed by atoms with E-state index in [-0.39, 0.29) is 23.9 Å². The van der Waals surface area contributed by atoms with Crippen LogP contribution in [-0.4, -0.2) is 45.7 Å². The number of rotatable bonds is 9. The van der Waals surface area contributed by atoms with Crippen LogP contribution in [0.3, 0.4) is 0 Å². The summed E-state index contributed by atoms with van der Waals surface area (Å²) in [6, 6.07) is 29.4. The summed E-state index contributed by atoms with van der Waals surface area (Å²) in [5.74, 6) is -0.299. The van der Waals surface area contributed by atoms with E-state index in [2.05, 4.69) is 50.7 Å². The molecule has 264 valence electrons. The first-order valence-corrected chi connectivity index (χ1v) is 18.2. The maximum atomic E-state index is 14.7. The molecule has 2 amide bonds. The molecule has 4 aromatic carbocycles. The third-order valence-electron chi connectivity index (χ3n) is 9.87. The van der Waals surface area contributed by atoms with Crippen molar-refractivity contribution in [3.8, 4) is 0 Å². The van der Waals surface area contributed by atoms with Crippen molar-refractivity contribution in [2.45, 2.75) is 45.3 Å². The molecule has 3 N–H and O–H groups in total. The zero-order chi connectivity index (χ0) is 36.5. The molecule has 52 heavy (non-hydrogen) atoms. The molecule has 1 aromatic heterocycles. The van der Waals surface area contributed by atoms with Crippen LogP contribution in [0.1, 0.15) is 71.0 Å². The van der Waals surface area contributed by atoms with Crippen LogP contribution < -0.4 is 10.6 Å². The number of nitrogens with one attached hydrogen (secondary N) is 3. The van der Waals surface area contributed by atoms with Gasteiger partial charge in [0.25, 0.3) is 5.91 Å². The number of halogens is 2. The molecule has 3 heterocycles. The van der Waals surface area contributed by atoms with Crippen LogP contribution in [0.4, 0.5) is 5.69 Å². The van der Waals surface area contributed by atoms with Gasteiger partial charge in [-0.25, -0.2) is 0 Å². The molecule has 0 saturated carbocycles. The average Bonchev–Trinajstić information content (AvgIpc) is 3.50. The van der Waals surface area contributed by atoms with E-state index >= 15 is 0 Å². The van der Waals surface area contributed by atoms with Crippen molar-refractivity contribution < 1.29 is 9.59 Å². The fourth-order valence-electron chi connectivity index (χ4n) is 7.79. The molecule has 9 heteroatoms. The van der Waals surface area contributed by atoms with Gasteiger partial charge in [-0.3, -0.25) is 14.5 Å². The number of aromatic nitrogens is 1. The zero-order valence-electron chi connectivity index (χ0n) is 29.3. The molecule has 2 unspecified atom stereocenters. The third-order valence-corrected chi connectivity index (χ3v) is 10.3. The van der Waals surface area contributed by atoms with E-state index in [0.717, 1.165) is 87.2 Å². The lowest BCUT2D eigenvalue weighted by Crippen LogP contribution is -2.46. The lowest BCUT2D eigenvalue weighted by atomic mass is 9.83. The Bertz CT molecular complexity index is 2220. The summed E-state index contributed by atoms with van der Waals surface area (Å²) in [5, 5.41) is 8.42. The number of hydrogen-bond donors (Lipinski definition) is 3. The van der Waals surface area contributed by atoms with Crippen molar-refractivity contribution >= 4 is 62.9 Å². The zero-order valence-corrected chi connectivity index (χ0v) is 30.8. The first kappa shape index (κ1) is 35.3. The van der Waals surface area contributed by atoms with Gasteiger partial charge in [-0.1, -0.05) is 97.0 Å². The number of H-pyrrole nitrogens is 1. The van der Waals surface area contributed by atoms with Crippen molar-refractivity contribution in [3.63, 3.8) is 0 Å². The summed E-state index contributed by atoms with van der Waals surface area (Å²) in [7, 11) is 0. The minimum atomic E-state index is -0.324. The number of carbonyl (C=O) groups excluding carboxylic acids is 2. The molecule has 2 aliphatic heterocycles. The van der Waals surface area contributed by atoms with Gasteiger partial charge in [0.1, 0.15) is 5.69 Å². The fourth-order valence-corrected chi connectivity index (χ4v) is 8.15. The highest BCUT2D eigenvalue weighted by molar-refractivity contribution is 6.32. The van der Waals surface area contributed by atoms with Crippen LogP contribution in [0.5, 0.6) is 0 Å². The number of carbonyl (C=O) groups is 2. The van der Waals surface area contributed by atoms with Gasteiger partial charge < -0.3 is 20.5 Å². The minimum absolute atomic E-state index is 0.0174. The summed E-state index contributed by atoms with van der Waals surface area (Å²) in [6.45, 7) is 14.6. The highest BCUT2D eigenvalue weighted by atomic mass is 35.5. The van der Waals surface area contributed by atoms with E-state index in [0.29, 0.717) is 22.3 Å². The lowest BCUT2D eigenvalue weighted by molar-refractivity contribution is -0.120. The Hall–Kier alpha value is -5.08. The normalized spacial score (nSPS) is 18.2. The standard InChI is InChI=1S/C43H41Cl2N5O2/c1-5-50-41(29-17-19-31(44)20-18-29)34-22-32(45)23-36-38(34)39(42(50)37(26(2)3)28-12-7-6-8-13-28)40(47-36)43(52)48-35-16-10-9-14-30(35)24-49-21-11-15-33(25-49)46-27(4)51/h5-10,12-14,16-20,22-23,33,41,47H,1-2,11,15,21,24-25H2,3-4H3,(H,46,51)(H,48,52). The number of nitrogens with zero attached hydrogens (tertiary/aromatic N) is 2. The minimum Gasteiger partial charge on any atom is -0.352 e. The predicted octanol–water partition coefficient (Wildman–Crippen LogP) is 9.82. The van der Waals surface area contributed by atoms with Crippen LogP contribution in [0.25, 0.3) is 22.2 Å². The first-order valence-electron chi connectivity index (χ1n) is 17.5. The van der Waals surface area contributed by atoms with Gasteiger partial charge in [-0.15, -0.1) is 0 Å². The molecule has 2 aliphatic rings. The molecule has 1 fully saturated rings. The topological polar surface area (TPSA) is 80.5 Å². The third kappa shape index (κ3) is 6.92. The molecule has 2 atom stereocenters. The second kappa shape index (κ2) is 14.9. The summed E-state index contributed by atoms with van der Waals surface area (Å²) in [5.41, 5.74) is 9.06. The fraction of sp³-hybridized carbons (Fsp3) is 0.209. The molecule has 5 aromatic rings. The number of aromatic amines is 1. The van der Waals surface area contributed by atoms with Gasteiger partial charge in [0.2, 0.25) is 5.91 Å². The molecule has 0 aliphatic carbocycles. The molecule has 7 rings (SSSR count). The Morgan fingerprint density at radius 2 is 1.69 bits per heavy atom. The molecule has 7 nitrogen and oxygen atoms in total. The second-order valence-electron chi connectivity index (χ2n) is 13.6. The number of benzene rings is 4. The summed E-state index contributed by atoms with van der Waals surface area (Å²) >= 11 is 13.2. The van der Waals surface area contributed by atoms with Crippen molar-refractivity contribution in [3.05, 3.63) is 159 Å². The van der Waals surface area contributed by atoms with E-state index in [9.17, 15) is 9.59 Å². The quantitative estimate of drug-likeness (QED) is 0.141. The van der Waals surface area contributed by atoms with Crippen LogP contribution in [0.2, 0.25) is 10.0 Å². The van der Waals surface area contributed by atoms with E-state index in [1.807, 2.05) is 92.0 Å². The molecular formula is C43H41Cl2N5O2. The number of piperidine rings is 1. The largest absolute Gasteiger partial charge is 0.352 e. The molecule has 1 saturated heterocycles. The SMILES string of the molecule is C=CN1C(=C(C(=C)C)c2ccccc2)c2c(C(=O)Nc3ccccc3CN3CCCC(NC(C)=O)C3)[nH]c3cc(Cl)cc(c23)C1c1ccc(Cl)cc1. The number of allylic oxidation sites excluding steroid dienone is 2. The highest BCUT2D eigenvalue weighted by Crippen LogP contribution is 2.51. The maximum Gasteiger partial charge on any atom is 0.272 e. The highest BCUT2D eigenvalue weighted by Gasteiger charge is 2.38. The Morgan fingerprint density at radius 1 is 0.962 bits per heavy atom. The molecule has 0 spiro atoms. The first-order chi connectivity index (χ1) is 25.1. The van der Waals surface area contributed by atoms with Gasteiger partial charge in [-0.05, 0) is 90.7 Å². The summed E-state index contributed by atoms with van der Waals surface area (Å²) < 4.78 is 0. The monoisotopic (exact) mass is 729 g/mol. The Balaban J connectivity index is 1.38. The Labute approximate surface area is 314 Å². The van der Waals surface area contributed by atoms with Gasteiger partial charge in [0.05, 0.1) is 11.7 Å². The average molecular weight is 731 g/mol. The van der Waals surface area contributed by atoms with Crippen LogP contribution >= 0.6 is 23.2 Å². The molecular weight excluding hydrogens is 689 g/mol. The predicted molar refractivity (Wildman–Crippen MR) is 213 cm³/mol. The van der Waals surface area contributed by atoms with E-state index < -0.39 is 0 Å². The van der Waals surface area contributed by atoms with Gasteiger partial charge in [0, 0.05) is 63.8 Å². The van der Waals surface area contributed by atoms with Crippen molar-refractivity contribution in [2.75, 3.05) is 18.4 Å². The van der Waals surface area contributed by atoms with Crippen LogP contribution in [0.15, 0.2) is 116 Å². The van der Waals surface area contributed by atoms with Crippen LogP contribution in [-0.2, 0) is 11.3 Å². The van der Waals surface area contributed by atoms with Gasteiger partial charge in [-0.2, -0.15) is 0 Å². The maximum absolute atomic E-state index is 14.7. The van der Waals surface area contributed by atoms with Gasteiger partial charge in [0.15, 0.2) is 0 Å².